The van der Waals surface area contributed by atoms with E-state index in [-0.39, 0.29) is 23.0 Å². The molecule has 2 unspecified atom stereocenters. The summed E-state index contributed by atoms with van der Waals surface area (Å²) in [5, 5.41) is 23.7. The van der Waals surface area contributed by atoms with Gasteiger partial charge in [0.15, 0.2) is 0 Å². The Kier molecular flexibility index (Phi) is 4.74. The molecular weight excluding hydrogens is 274 g/mol. The van der Waals surface area contributed by atoms with E-state index in [0.717, 1.165) is 19.3 Å². The van der Waals surface area contributed by atoms with Gasteiger partial charge in [-0.1, -0.05) is 19.3 Å². The van der Waals surface area contributed by atoms with E-state index in [1.54, 1.807) is 0 Å². The molecule has 21 heavy (non-hydrogen) atoms. The lowest BCUT2D eigenvalue weighted by molar-refractivity contribution is -0.385. The number of hydrogen-bond donors (Lipinski definition) is 3. The number of carbonyl (C=O) groups is 1. The van der Waals surface area contributed by atoms with Gasteiger partial charge < -0.3 is 16.2 Å². The number of nitro groups is 1. The van der Waals surface area contributed by atoms with E-state index in [2.05, 4.69) is 5.32 Å². The summed E-state index contributed by atoms with van der Waals surface area (Å²) >= 11 is 0. The van der Waals surface area contributed by atoms with Crippen LogP contribution in [0, 0.1) is 10.1 Å². The number of nitrogen functional groups attached to an aromatic ring is 1. The molecule has 0 aromatic heterocycles. The molecule has 1 amide bonds. The Morgan fingerprint density at radius 1 is 1.33 bits per heavy atom. The molecule has 1 aromatic carbocycles. The van der Waals surface area contributed by atoms with Gasteiger partial charge in [0, 0.05) is 11.8 Å². The fourth-order valence-corrected chi connectivity index (χ4v) is 2.60. The summed E-state index contributed by atoms with van der Waals surface area (Å²) < 4.78 is 0. The van der Waals surface area contributed by atoms with Crippen LogP contribution in [0.25, 0.3) is 0 Å². The molecule has 1 aliphatic carbocycles. The van der Waals surface area contributed by atoms with Crippen LogP contribution >= 0.6 is 0 Å². The summed E-state index contributed by atoms with van der Waals surface area (Å²) in [6, 6.07) is 3.51. The van der Waals surface area contributed by atoms with E-state index in [1.807, 2.05) is 0 Å². The van der Waals surface area contributed by atoms with Crippen LogP contribution in [0.2, 0.25) is 0 Å². The van der Waals surface area contributed by atoms with Gasteiger partial charge in [-0.2, -0.15) is 0 Å². The third kappa shape index (κ3) is 3.69. The SMILES string of the molecule is Nc1ccc([N+](=O)[O-])c(C(=O)NC2CCCCCC2O)c1. The zero-order valence-corrected chi connectivity index (χ0v) is 11.6. The molecule has 1 aromatic rings. The number of nitrogens with zero attached hydrogens (tertiary/aromatic N) is 1. The summed E-state index contributed by atoms with van der Waals surface area (Å²) in [4.78, 5) is 22.6. The van der Waals surface area contributed by atoms with Crippen LogP contribution in [0.1, 0.15) is 42.5 Å². The van der Waals surface area contributed by atoms with Crippen molar-refractivity contribution < 1.29 is 14.8 Å². The number of nitro benzene ring substituents is 1. The molecule has 0 spiro atoms. The first kappa shape index (κ1) is 15.2. The molecule has 2 atom stereocenters. The average molecular weight is 293 g/mol. The van der Waals surface area contributed by atoms with Crippen LogP contribution < -0.4 is 11.1 Å². The predicted octanol–water partition coefficient (Wildman–Crippen LogP) is 1.60. The fraction of sp³-hybridized carbons (Fsp3) is 0.500. The van der Waals surface area contributed by atoms with Crippen molar-refractivity contribution in [3.63, 3.8) is 0 Å². The normalized spacial score (nSPS) is 22.3. The number of anilines is 1. The summed E-state index contributed by atoms with van der Waals surface area (Å²) in [5.41, 5.74) is 5.52. The van der Waals surface area contributed by atoms with Gasteiger partial charge in [-0.05, 0) is 25.0 Å². The highest BCUT2D eigenvalue weighted by molar-refractivity contribution is 5.99. The Hall–Kier alpha value is -2.15. The summed E-state index contributed by atoms with van der Waals surface area (Å²) in [6.45, 7) is 0. The number of amides is 1. The fourth-order valence-electron chi connectivity index (χ4n) is 2.60. The smallest absolute Gasteiger partial charge is 0.282 e. The first-order valence-electron chi connectivity index (χ1n) is 7.02. The monoisotopic (exact) mass is 293 g/mol. The maximum Gasteiger partial charge on any atom is 0.282 e. The lowest BCUT2D eigenvalue weighted by Crippen LogP contribution is -2.42. The van der Waals surface area contributed by atoms with Crippen molar-refractivity contribution in [2.45, 2.75) is 44.2 Å². The Morgan fingerprint density at radius 3 is 2.76 bits per heavy atom. The van der Waals surface area contributed by atoms with Crippen molar-refractivity contribution in [2.24, 2.45) is 0 Å². The number of carbonyl (C=O) groups excluding carboxylic acids is 1. The molecular formula is C14H19N3O4. The van der Waals surface area contributed by atoms with Gasteiger partial charge in [0.1, 0.15) is 5.56 Å². The van der Waals surface area contributed by atoms with Gasteiger partial charge >= 0.3 is 0 Å². The molecule has 0 bridgehead atoms. The second kappa shape index (κ2) is 6.53. The highest BCUT2D eigenvalue weighted by Crippen LogP contribution is 2.23. The highest BCUT2D eigenvalue weighted by Gasteiger charge is 2.27. The Balaban J connectivity index is 2.19. The van der Waals surface area contributed by atoms with E-state index < -0.39 is 16.9 Å². The van der Waals surface area contributed by atoms with E-state index in [9.17, 15) is 20.0 Å². The van der Waals surface area contributed by atoms with Crippen LogP contribution in [0.3, 0.4) is 0 Å². The molecule has 1 saturated carbocycles. The number of aliphatic hydroxyl groups is 1. The maximum atomic E-state index is 12.3. The van der Waals surface area contributed by atoms with Crippen molar-refractivity contribution in [3.05, 3.63) is 33.9 Å². The second-order valence-electron chi connectivity index (χ2n) is 5.32. The lowest BCUT2D eigenvalue weighted by atomic mass is 10.0. The van der Waals surface area contributed by atoms with Gasteiger partial charge in [-0.25, -0.2) is 0 Å². The molecule has 0 aliphatic heterocycles. The number of rotatable bonds is 3. The number of nitrogens with two attached hydrogens (primary N) is 1. The quantitative estimate of drug-likeness (QED) is 0.338. The number of hydrogen-bond acceptors (Lipinski definition) is 5. The van der Waals surface area contributed by atoms with Crippen molar-refractivity contribution in [1.82, 2.24) is 5.32 Å². The van der Waals surface area contributed by atoms with E-state index in [4.69, 9.17) is 5.73 Å². The third-order valence-corrected chi connectivity index (χ3v) is 3.76. The molecule has 7 nitrogen and oxygen atoms in total. The zero-order valence-electron chi connectivity index (χ0n) is 11.6. The molecule has 0 heterocycles. The lowest BCUT2D eigenvalue weighted by Gasteiger charge is -2.21. The minimum Gasteiger partial charge on any atom is -0.399 e. The number of aliphatic hydroxyl groups excluding tert-OH is 1. The van der Waals surface area contributed by atoms with Crippen LogP contribution in [-0.2, 0) is 0 Å². The van der Waals surface area contributed by atoms with Crippen LogP contribution in [0.5, 0.6) is 0 Å². The summed E-state index contributed by atoms with van der Waals surface area (Å²) in [6.07, 6.45) is 3.54. The first-order valence-corrected chi connectivity index (χ1v) is 7.02. The molecule has 0 radical (unpaired) electrons. The van der Waals surface area contributed by atoms with E-state index in [0.29, 0.717) is 12.8 Å². The topological polar surface area (TPSA) is 118 Å². The number of nitrogens with one attached hydrogen (secondary N) is 1. The van der Waals surface area contributed by atoms with E-state index in [1.165, 1.54) is 18.2 Å². The Bertz CT molecular complexity index is 547. The van der Waals surface area contributed by atoms with Gasteiger partial charge in [0.05, 0.1) is 17.1 Å². The maximum absolute atomic E-state index is 12.3. The van der Waals surface area contributed by atoms with E-state index >= 15 is 0 Å². The predicted molar refractivity (Wildman–Crippen MR) is 77.9 cm³/mol. The van der Waals surface area contributed by atoms with Crippen molar-refractivity contribution in [2.75, 3.05) is 5.73 Å². The van der Waals surface area contributed by atoms with Crippen LogP contribution in [0.4, 0.5) is 11.4 Å². The Morgan fingerprint density at radius 2 is 2.05 bits per heavy atom. The van der Waals surface area contributed by atoms with Crippen LogP contribution in [0.15, 0.2) is 18.2 Å². The molecule has 2 rings (SSSR count). The molecule has 1 aliphatic rings. The van der Waals surface area contributed by atoms with Crippen molar-refractivity contribution in [1.29, 1.82) is 0 Å². The molecule has 114 valence electrons. The minimum atomic E-state index is -0.614. The van der Waals surface area contributed by atoms with Gasteiger partial charge in [0.25, 0.3) is 11.6 Å². The zero-order chi connectivity index (χ0) is 15.4. The average Bonchev–Trinajstić information content (AvgIpc) is 2.63. The highest BCUT2D eigenvalue weighted by atomic mass is 16.6. The second-order valence-corrected chi connectivity index (χ2v) is 5.32. The molecule has 4 N–H and O–H groups in total. The van der Waals surface area contributed by atoms with Gasteiger partial charge in [-0.3, -0.25) is 14.9 Å². The van der Waals surface area contributed by atoms with Gasteiger partial charge in [0.2, 0.25) is 0 Å². The van der Waals surface area contributed by atoms with Crippen molar-refractivity contribution in [3.8, 4) is 0 Å². The van der Waals surface area contributed by atoms with Gasteiger partial charge in [-0.15, -0.1) is 0 Å². The van der Waals surface area contributed by atoms with Crippen molar-refractivity contribution >= 4 is 17.3 Å². The first-order chi connectivity index (χ1) is 9.99. The largest absolute Gasteiger partial charge is 0.399 e. The third-order valence-electron chi connectivity index (χ3n) is 3.76. The summed E-state index contributed by atoms with van der Waals surface area (Å²) in [5.74, 6) is -0.569. The molecule has 7 heteroatoms. The molecule has 0 saturated heterocycles. The number of benzene rings is 1. The summed E-state index contributed by atoms with van der Waals surface area (Å²) in [7, 11) is 0. The minimum absolute atomic E-state index is 0.0727. The standard InChI is InChI=1S/C14H19N3O4/c15-9-6-7-12(17(20)21)10(8-9)14(19)16-11-4-2-1-3-5-13(11)18/h6-8,11,13,18H,1-5,15H2,(H,16,19). The Labute approximate surface area is 122 Å². The van der Waals surface area contributed by atoms with Crippen LogP contribution in [-0.4, -0.2) is 28.1 Å². The molecule has 1 fully saturated rings.